The fraction of sp³-hybridized carbons (Fsp3) is 0.714. The van der Waals surface area contributed by atoms with Crippen molar-refractivity contribution in [1.29, 1.82) is 0 Å². The molecule has 126 valence electrons. The van der Waals surface area contributed by atoms with Crippen LogP contribution in [0.1, 0.15) is 58.8 Å². The van der Waals surface area contributed by atoms with Gasteiger partial charge in [-0.05, 0) is 67.6 Å². The summed E-state index contributed by atoms with van der Waals surface area (Å²) in [5.41, 5.74) is 8.50. The standard InChI is InChI=1S/C21H31NO/c1-14-5-8-18-17-7-6-15-13-16(23-22-4)9-11-21(15,3)19(17)10-12-20(14,18)2/h6-7,16,18-19,22H,1,5,8-13H2,2-4H3. The Balaban J connectivity index is 1.67. The van der Waals surface area contributed by atoms with Crippen LogP contribution in [0.3, 0.4) is 0 Å². The Morgan fingerprint density at radius 3 is 2.61 bits per heavy atom. The maximum absolute atomic E-state index is 5.69. The topological polar surface area (TPSA) is 21.3 Å². The van der Waals surface area contributed by atoms with Gasteiger partial charge in [-0.25, -0.2) is 5.48 Å². The van der Waals surface area contributed by atoms with Crippen molar-refractivity contribution >= 4 is 0 Å². The lowest BCUT2D eigenvalue weighted by molar-refractivity contribution is -0.0404. The van der Waals surface area contributed by atoms with E-state index >= 15 is 0 Å². The van der Waals surface area contributed by atoms with Crippen molar-refractivity contribution in [2.75, 3.05) is 7.05 Å². The first kappa shape index (κ1) is 15.7. The first-order valence-electron chi connectivity index (χ1n) is 9.41. The van der Waals surface area contributed by atoms with Gasteiger partial charge in [0.25, 0.3) is 0 Å². The molecule has 0 saturated heterocycles. The number of hydroxylamine groups is 1. The number of hydrogen-bond acceptors (Lipinski definition) is 2. The molecule has 2 nitrogen and oxygen atoms in total. The van der Waals surface area contributed by atoms with E-state index in [-0.39, 0.29) is 0 Å². The normalized spacial score (nSPS) is 45.7. The van der Waals surface area contributed by atoms with Gasteiger partial charge in [0.05, 0.1) is 6.10 Å². The Kier molecular flexibility index (Phi) is 3.62. The molecule has 5 atom stereocenters. The van der Waals surface area contributed by atoms with Gasteiger partial charge in [-0.2, -0.15) is 0 Å². The zero-order valence-electron chi connectivity index (χ0n) is 15.0. The molecule has 0 spiro atoms. The second kappa shape index (κ2) is 5.32. The lowest BCUT2D eigenvalue weighted by Crippen LogP contribution is -2.45. The first-order chi connectivity index (χ1) is 11.0. The number of allylic oxidation sites excluding steroid dienone is 4. The lowest BCUT2D eigenvalue weighted by atomic mass is 9.51. The maximum atomic E-state index is 5.69. The summed E-state index contributed by atoms with van der Waals surface area (Å²) in [4.78, 5) is 5.69. The Morgan fingerprint density at radius 1 is 1.09 bits per heavy atom. The van der Waals surface area contributed by atoms with Crippen LogP contribution in [0.2, 0.25) is 0 Å². The molecule has 0 aromatic heterocycles. The molecular formula is C21H31NO. The highest BCUT2D eigenvalue weighted by molar-refractivity contribution is 5.41. The molecule has 1 N–H and O–H groups in total. The highest BCUT2D eigenvalue weighted by Gasteiger charge is 2.54. The summed E-state index contributed by atoms with van der Waals surface area (Å²) in [7, 11) is 1.87. The third kappa shape index (κ3) is 2.14. The summed E-state index contributed by atoms with van der Waals surface area (Å²) in [5.74, 6) is 1.50. The van der Waals surface area contributed by atoms with Crippen molar-refractivity contribution in [3.63, 3.8) is 0 Å². The summed E-state index contributed by atoms with van der Waals surface area (Å²) in [5, 5.41) is 0. The van der Waals surface area contributed by atoms with Crippen LogP contribution in [0.4, 0.5) is 0 Å². The van der Waals surface area contributed by atoms with Crippen LogP contribution < -0.4 is 5.48 Å². The average Bonchev–Trinajstić information content (AvgIpc) is 2.84. The molecule has 0 aromatic carbocycles. The largest absolute Gasteiger partial charge is 0.298 e. The van der Waals surface area contributed by atoms with Crippen LogP contribution in [-0.2, 0) is 4.84 Å². The molecule has 2 heteroatoms. The fourth-order valence-corrected chi connectivity index (χ4v) is 6.15. The third-order valence-electron chi connectivity index (χ3n) is 7.77. The second-order valence-corrected chi connectivity index (χ2v) is 8.67. The van der Waals surface area contributed by atoms with Crippen molar-refractivity contribution in [3.8, 4) is 0 Å². The van der Waals surface area contributed by atoms with E-state index in [0.717, 1.165) is 18.3 Å². The average molecular weight is 313 g/mol. The van der Waals surface area contributed by atoms with E-state index in [1.807, 2.05) is 7.05 Å². The van der Waals surface area contributed by atoms with E-state index in [1.165, 1.54) is 44.1 Å². The van der Waals surface area contributed by atoms with Crippen molar-refractivity contribution < 1.29 is 4.84 Å². The molecule has 4 rings (SSSR count). The molecule has 0 heterocycles. The van der Waals surface area contributed by atoms with E-state index in [1.54, 1.807) is 11.1 Å². The van der Waals surface area contributed by atoms with E-state index in [0.29, 0.717) is 16.9 Å². The van der Waals surface area contributed by atoms with Gasteiger partial charge in [-0.1, -0.05) is 49.3 Å². The minimum Gasteiger partial charge on any atom is -0.298 e. The Hall–Kier alpha value is -0.860. The Bertz CT molecular complexity index is 589. The second-order valence-electron chi connectivity index (χ2n) is 8.67. The fourth-order valence-electron chi connectivity index (χ4n) is 6.15. The molecule has 0 aliphatic heterocycles. The van der Waals surface area contributed by atoms with E-state index in [9.17, 15) is 0 Å². The molecule has 0 bridgehead atoms. The van der Waals surface area contributed by atoms with Gasteiger partial charge in [0, 0.05) is 7.05 Å². The van der Waals surface area contributed by atoms with Crippen molar-refractivity contribution in [2.24, 2.45) is 22.7 Å². The first-order valence-corrected chi connectivity index (χ1v) is 9.41. The third-order valence-corrected chi connectivity index (χ3v) is 7.77. The lowest BCUT2D eigenvalue weighted by Gasteiger charge is -2.54. The van der Waals surface area contributed by atoms with Gasteiger partial charge in [0.15, 0.2) is 0 Å². The molecule has 0 radical (unpaired) electrons. The summed E-state index contributed by atoms with van der Waals surface area (Å²) < 4.78 is 0. The van der Waals surface area contributed by atoms with Gasteiger partial charge >= 0.3 is 0 Å². The number of rotatable bonds is 2. The summed E-state index contributed by atoms with van der Waals surface area (Å²) in [6, 6.07) is 0. The molecule has 0 aromatic rings. The van der Waals surface area contributed by atoms with Gasteiger partial charge in [-0.15, -0.1) is 0 Å². The molecule has 4 aliphatic carbocycles. The van der Waals surface area contributed by atoms with Crippen molar-refractivity contribution in [3.05, 3.63) is 35.5 Å². The summed E-state index contributed by atoms with van der Waals surface area (Å²) in [6.45, 7) is 9.41. The zero-order valence-corrected chi connectivity index (χ0v) is 15.0. The molecule has 0 amide bonds. The van der Waals surface area contributed by atoms with Gasteiger partial charge in [0.1, 0.15) is 0 Å². The van der Waals surface area contributed by atoms with Crippen molar-refractivity contribution in [2.45, 2.75) is 64.9 Å². The van der Waals surface area contributed by atoms with Crippen LogP contribution >= 0.6 is 0 Å². The maximum Gasteiger partial charge on any atom is 0.0827 e. The monoisotopic (exact) mass is 313 g/mol. The molecule has 4 aliphatic rings. The van der Waals surface area contributed by atoms with Crippen LogP contribution in [0.15, 0.2) is 35.5 Å². The van der Waals surface area contributed by atoms with E-state index in [2.05, 4.69) is 38.1 Å². The predicted molar refractivity (Wildman–Crippen MR) is 94.8 cm³/mol. The van der Waals surface area contributed by atoms with Gasteiger partial charge in [-0.3, -0.25) is 4.84 Å². The molecule has 3 saturated carbocycles. The molecular weight excluding hydrogens is 282 g/mol. The van der Waals surface area contributed by atoms with Crippen molar-refractivity contribution in [1.82, 2.24) is 5.48 Å². The van der Waals surface area contributed by atoms with Crippen LogP contribution in [-0.4, -0.2) is 13.2 Å². The summed E-state index contributed by atoms with van der Waals surface area (Å²) >= 11 is 0. The van der Waals surface area contributed by atoms with E-state index < -0.39 is 0 Å². The Morgan fingerprint density at radius 2 is 1.83 bits per heavy atom. The SMILES string of the molecule is C=C1CCC2C3=CC=C4CC(ONC)CCC4(C)C3CCC12C. The molecule has 3 fully saturated rings. The zero-order chi connectivity index (χ0) is 16.2. The van der Waals surface area contributed by atoms with Gasteiger partial charge in [0.2, 0.25) is 0 Å². The number of fused-ring (bicyclic) bond motifs is 5. The molecule has 23 heavy (non-hydrogen) atoms. The highest BCUT2D eigenvalue weighted by atomic mass is 16.7. The smallest absolute Gasteiger partial charge is 0.0827 e. The number of nitrogens with one attached hydrogen (secondary N) is 1. The van der Waals surface area contributed by atoms with E-state index in [4.69, 9.17) is 4.84 Å². The highest BCUT2D eigenvalue weighted by Crippen LogP contribution is 2.64. The minimum absolute atomic E-state index is 0.342. The quantitative estimate of drug-likeness (QED) is 0.575. The van der Waals surface area contributed by atoms with Crippen LogP contribution in [0.5, 0.6) is 0 Å². The Labute approximate surface area is 141 Å². The van der Waals surface area contributed by atoms with Gasteiger partial charge < -0.3 is 0 Å². The predicted octanol–water partition coefficient (Wildman–Crippen LogP) is 4.95. The summed E-state index contributed by atoms with van der Waals surface area (Å²) in [6.07, 6.45) is 14.0. The number of hydrogen-bond donors (Lipinski definition) is 1. The minimum atomic E-state index is 0.342. The molecule has 5 unspecified atom stereocenters. The van der Waals surface area contributed by atoms with Crippen LogP contribution in [0.25, 0.3) is 0 Å². The van der Waals surface area contributed by atoms with Crippen LogP contribution in [0, 0.1) is 22.7 Å².